The Balaban J connectivity index is 2.31. The standard InChI is InChI=1S/C12H16N2O4/c1-8(15)10-5-13-12(17)14(11(10)16)6-9-3-2-4-18-7-9/h5,9H,2-4,6-7H2,1H3,(H,13,17). The van der Waals surface area contributed by atoms with Gasteiger partial charge in [0.15, 0.2) is 5.78 Å². The number of rotatable bonds is 3. The van der Waals surface area contributed by atoms with E-state index in [0.29, 0.717) is 13.2 Å². The van der Waals surface area contributed by atoms with Crippen molar-refractivity contribution in [2.24, 2.45) is 5.92 Å². The third-order valence-corrected chi connectivity index (χ3v) is 3.14. The van der Waals surface area contributed by atoms with Crippen molar-refractivity contribution in [1.82, 2.24) is 9.55 Å². The third kappa shape index (κ3) is 2.59. The van der Waals surface area contributed by atoms with E-state index in [1.54, 1.807) is 0 Å². The average Bonchev–Trinajstić information content (AvgIpc) is 2.35. The van der Waals surface area contributed by atoms with Crippen molar-refractivity contribution in [3.8, 4) is 0 Å². The summed E-state index contributed by atoms with van der Waals surface area (Å²) in [7, 11) is 0. The number of nitrogens with zero attached hydrogens (tertiary/aromatic N) is 1. The first-order chi connectivity index (χ1) is 8.59. The van der Waals surface area contributed by atoms with Gasteiger partial charge in [-0.15, -0.1) is 0 Å². The highest BCUT2D eigenvalue weighted by Gasteiger charge is 2.18. The summed E-state index contributed by atoms with van der Waals surface area (Å²) in [5, 5.41) is 0. The SMILES string of the molecule is CC(=O)c1c[nH]c(=O)n(CC2CCCOC2)c1=O. The molecule has 6 heteroatoms. The zero-order chi connectivity index (χ0) is 13.1. The number of nitrogens with one attached hydrogen (secondary N) is 1. The first kappa shape index (κ1) is 12.8. The highest BCUT2D eigenvalue weighted by molar-refractivity contribution is 5.93. The molecule has 1 unspecified atom stereocenters. The number of H-pyrrole nitrogens is 1. The number of carbonyl (C=O) groups excluding carboxylic acids is 1. The van der Waals surface area contributed by atoms with Gasteiger partial charge >= 0.3 is 5.69 Å². The van der Waals surface area contributed by atoms with Crippen LogP contribution >= 0.6 is 0 Å². The summed E-state index contributed by atoms with van der Waals surface area (Å²) >= 11 is 0. The second-order valence-electron chi connectivity index (χ2n) is 4.56. The minimum Gasteiger partial charge on any atom is -0.381 e. The summed E-state index contributed by atoms with van der Waals surface area (Å²) in [4.78, 5) is 37.3. The number of aromatic nitrogens is 2. The molecule has 0 saturated carbocycles. The van der Waals surface area contributed by atoms with Crippen LogP contribution in [-0.2, 0) is 11.3 Å². The Morgan fingerprint density at radius 3 is 2.94 bits per heavy atom. The second kappa shape index (κ2) is 5.30. The third-order valence-electron chi connectivity index (χ3n) is 3.14. The van der Waals surface area contributed by atoms with E-state index >= 15 is 0 Å². The molecule has 1 aliphatic heterocycles. The van der Waals surface area contributed by atoms with Gasteiger partial charge < -0.3 is 9.72 Å². The molecule has 0 aromatic carbocycles. The van der Waals surface area contributed by atoms with Gasteiger partial charge in [-0.05, 0) is 19.8 Å². The number of carbonyl (C=O) groups is 1. The van der Waals surface area contributed by atoms with E-state index in [4.69, 9.17) is 4.74 Å². The van der Waals surface area contributed by atoms with Crippen molar-refractivity contribution < 1.29 is 9.53 Å². The van der Waals surface area contributed by atoms with Gasteiger partial charge in [0.2, 0.25) is 0 Å². The van der Waals surface area contributed by atoms with E-state index < -0.39 is 11.2 Å². The summed E-state index contributed by atoms with van der Waals surface area (Å²) in [5.74, 6) is -0.190. The number of hydrogen-bond donors (Lipinski definition) is 1. The van der Waals surface area contributed by atoms with E-state index in [2.05, 4.69) is 4.98 Å². The molecular formula is C12H16N2O4. The molecule has 0 amide bonds. The average molecular weight is 252 g/mol. The molecule has 1 aliphatic rings. The zero-order valence-corrected chi connectivity index (χ0v) is 10.3. The van der Waals surface area contributed by atoms with Crippen LogP contribution in [0.1, 0.15) is 30.1 Å². The maximum Gasteiger partial charge on any atom is 0.328 e. The molecular weight excluding hydrogens is 236 g/mol. The topological polar surface area (TPSA) is 81.2 Å². The summed E-state index contributed by atoms with van der Waals surface area (Å²) in [5.41, 5.74) is -0.973. The molecule has 0 bridgehead atoms. The molecule has 0 radical (unpaired) electrons. The monoisotopic (exact) mass is 252 g/mol. The van der Waals surface area contributed by atoms with Gasteiger partial charge in [-0.25, -0.2) is 4.79 Å². The lowest BCUT2D eigenvalue weighted by Gasteiger charge is -2.22. The van der Waals surface area contributed by atoms with Crippen LogP contribution in [0.5, 0.6) is 0 Å². The molecule has 6 nitrogen and oxygen atoms in total. The van der Waals surface area contributed by atoms with Gasteiger partial charge in [0, 0.05) is 25.3 Å². The molecule has 98 valence electrons. The van der Waals surface area contributed by atoms with Crippen LogP contribution < -0.4 is 11.2 Å². The highest BCUT2D eigenvalue weighted by atomic mass is 16.5. The van der Waals surface area contributed by atoms with Crippen LogP contribution in [0.3, 0.4) is 0 Å². The van der Waals surface area contributed by atoms with Gasteiger partial charge in [0.05, 0.1) is 12.2 Å². The van der Waals surface area contributed by atoms with Crippen molar-refractivity contribution in [2.45, 2.75) is 26.3 Å². The van der Waals surface area contributed by atoms with Crippen molar-refractivity contribution in [2.75, 3.05) is 13.2 Å². The fraction of sp³-hybridized carbons (Fsp3) is 0.583. The van der Waals surface area contributed by atoms with Gasteiger partial charge in [-0.1, -0.05) is 0 Å². The van der Waals surface area contributed by atoms with Crippen molar-refractivity contribution in [3.63, 3.8) is 0 Å². The van der Waals surface area contributed by atoms with E-state index in [-0.39, 0.29) is 17.3 Å². The first-order valence-electron chi connectivity index (χ1n) is 6.01. The Morgan fingerprint density at radius 1 is 1.56 bits per heavy atom. The Bertz CT molecular complexity index is 552. The summed E-state index contributed by atoms with van der Waals surface area (Å²) in [6, 6.07) is 0. The smallest absolute Gasteiger partial charge is 0.328 e. The minimum absolute atomic E-state index is 0.0197. The predicted molar refractivity (Wildman–Crippen MR) is 64.9 cm³/mol. The van der Waals surface area contributed by atoms with Gasteiger partial charge in [-0.2, -0.15) is 0 Å². The molecule has 0 aliphatic carbocycles. The fourth-order valence-corrected chi connectivity index (χ4v) is 2.14. The number of aromatic amines is 1. The molecule has 2 heterocycles. The van der Waals surface area contributed by atoms with Crippen molar-refractivity contribution >= 4 is 5.78 Å². The van der Waals surface area contributed by atoms with E-state index in [9.17, 15) is 14.4 Å². The maximum absolute atomic E-state index is 12.0. The minimum atomic E-state index is -0.517. The number of hydrogen-bond acceptors (Lipinski definition) is 4. The molecule has 1 fully saturated rings. The normalized spacial score (nSPS) is 19.7. The summed E-state index contributed by atoms with van der Waals surface area (Å²) < 4.78 is 6.41. The summed E-state index contributed by atoms with van der Waals surface area (Å²) in [6.07, 6.45) is 3.04. The molecule has 1 aromatic heterocycles. The van der Waals surface area contributed by atoms with Crippen LogP contribution in [0.2, 0.25) is 0 Å². The van der Waals surface area contributed by atoms with Crippen LogP contribution in [-0.4, -0.2) is 28.5 Å². The quantitative estimate of drug-likeness (QED) is 0.777. The van der Waals surface area contributed by atoms with Crippen LogP contribution in [0.25, 0.3) is 0 Å². The molecule has 1 saturated heterocycles. The van der Waals surface area contributed by atoms with E-state index in [1.807, 2.05) is 0 Å². The van der Waals surface area contributed by atoms with Crippen molar-refractivity contribution in [1.29, 1.82) is 0 Å². The van der Waals surface area contributed by atoms with Crippen LogP contribution in [0.15, 0.2) is 15.8 Å². The lowest BCUT2D eigenvalue weighted by Crippen LogP contribution is -2.40. The van der Waals surface area contributed by atoms with Gasteiger partial charge in [-0.3, -0.25) is 14.2 Å². The molecule has 2 rings (SSSR count). The first-order valence-corrected chi connectivity index (χ1v) is 6.01. The van der Waals surface area contributed by atoms with Crippen molar-refractivity contribution in [3.05, 3.63) is 32.6 Å². The molecule has 1 aromatic rings. The Hall–Kier alpha value is -1.69. The van der Waals surface area contributed by atoms with Gasteiger partial charge in [0.1, 0.15) is 0 Å². The zero-order valence-electron chi connectivity index (χ0n) is 10.3. The molecule has 18 heavy (non-hydrogen) atoms. The number of ether oxygens (including phenoxy) is 1. The van der Waals surface area contributed by atoms with Crippen LogP contribution in [0.4, 0.5) is 0 Å². The molecule has 1 N–H and O–H groups in total. The Kier molecular flexibility index (Phi) is 3.76. The largest absolute Gasteiger partial charge is 0.381 e. The van der Waals surface area contributed by atoms with E-state index in [1.165, 1.54) is 13.1 Å². The maximum atomic E-state index is 12.0. The predicted octanol–water partition coefficient (Wildman–Crippen LogP) is 0.166. The fourth-order valence-electron chi connectivity index (χ4n) is 2.14. The molecule has 1 atom stereocenters. The highest BCUT2D eigenvalue weighted by Crippen LogP contribution is 2.14. The van der Waals surface area contributed by atoms with E-state index in [0.717, 1.165) is 24.0 Å². The lowest BCUT2D eigenvalue weighted by molar-refractivity contribution is 0.0474. The lowest BCUT2D eigenvalue weighted by atomic mass is 10.0. The summed E-state index contributed by atoms with van der Waals surface area (Å²) in [6.45, 7) is 2.89. The van der Waals surface area contributed by atoms with Crippen LogP contribution in [0, 0.1) is 5.92 Å². The molecule has 0 spiro atoms. The number of ketones is 1. The van der Waals surface area contributed by atoms with Gasteiger partial charge in [0.25, 0.3) is 5.56 Å². The Morgan fingerprint density at radius 2 is 2.33 bits per heavy atom. The second-order valence-corrected chi connectivity index (χ2v) is 4.56. The Labute approximate surface area is 104 Å². The number of Topliss-reactive ketones (excluding diaryl/α,β-unsaturated/α-hetero) is 1.